The Morgan fingerprint density at radius 1 is 1.18 bits per heavy atom. The summed E-state index contributed by atoms with van der Waals surface area (Å²) in [6.45, 7) is 8.11. The molecule has 2 aliphatic rings. The highest BCUT2D eigenvalue weighted by Crippen LogP contribution is 2.37. The third-order valence-electron chi connectivity index (χ3n) is 4.63. The van der Waals surface area contributed by atoms with E-state index >= 15 is 0 Å². The van der Waals surface area contributed by atoms with Crippen molar-refractivity contribution in [2.45, 2.75) is 58.9 Å². The van der Waals surface area contributed by atoms with Crippen LogP contribution in [0, 0.1) is 17.3 Å². The van der Waals surface area contributed by atoms with Crippen LogP contribution in [0.5, 0.6) is 0 Å². The minimum atomic E-state index is -0.750. The fourth-order valence-corrected chi connectivity index (χ4v) is 3.24. The molecule has 1 amide bonds. The number of carbonyl (C=O) groups excluding carboxylic acids is 1. The average Bonchev–Trinajstić information content (AvgIpc) is 3.19. The summed E-state index contributed by atoms with van der Waals surface area (Å²) in [7, 11) is 0. The molecule has 2 rings (SSSR count). The Morgan fingerprint density at radius 2 is 1.86 bits per heavy atom. The highest BCUT2D eigenvalue weighted by atomic mass is 16.4. The number of piperidine rings is 1. The van der Waals surface area contributed by atoms with E-state index in [-0.39, 0.29) is 23.8 Å². The lowest BCUT2D eigenvalue weighted by atomic mass is 9.88. The number of amides is 1. The zero-order valence-corrected chi connectivity index (χ0v) is 14.1. The maximum Gasteiger partial charge on any atom is 0.304 e. The van der Waals surface area contributed by atoms with Gasteiger partial charge in [-0.15, -0.1) is 0 Å². The number of carbonyl (C=O) groups is 2. The van der Waals surface area contributed by atoms with Gasteiger partial charge in [0.1, 0.15) is 0 Å². The van der Waals surface area contributed by atoms with Crippen molar-refractivity contribution in [1.29, 1.82) is 0 Å². The Hall–Kier alpha value is -1.10. The first kappa shape index (κ1) is 17.3. The topological polar surface area (TPSA) is 69.6 Å². The second-order valence-corrected chi connectivity index (χ2v) is 8.10. The van der Waals surface area contributed by atoms with Crippen molar-refractivity contribution in [2.24, 2.45) is 17.3 Å². The quantitative estimate of drug-likeness (QED) is 0.788. The molecule has 1 aliphatic heterocycles. The normalized spacial score (nSPS) is 26.7. The van der Waals surface area contributed by atoms with Crippen LogP contribution in [-0.4, -0.2) is 47.6 Å². The van der Waals surface area contributed by atoms with Gasteiger partial charge in [-0.05, 0) is 24.7 Å². The smallest absolute Gasteiger partial charge is 0.304 e. The van der Waals surface area contributed by atoms with Gasteiger partial charge < -0.3 is 15.3 Å². The molecule has 126 valence electrons. The average molecular weight is 310 g/mol. The summed E-state index contributed by atoms with van der Waals surface area (Å²) in [4.78, 5) is 25.2. The summed E-state index contributed by atoms with van der Waals surface area (Å²) in [5.74, 6) is 0.783. The van der Waals surface area contributed by atoms with Crippen LogP contribution in [-0.2, 0) is 9.59 Å². The van der Waals surface area contributed by atoms with Crippen LogP contribution < -0.4 is 5.32 Å². The number of hydrogen-bond donors (Lipinski definition) is 2. The standard InChI is InChI=1S/C17H30N2O3/c1-17(2,3)16(22)18-14-9-13(8-12-4-5-12)10-19(11-14)7-6-15(20)21/h12-14H,4-11H2,1-3H3,(H,18,22)(H,20,21). The predicted molar refractivity (Wildman–Crippen MR) is 85.5 cm³/mol. The molecule has 0 radical (unpaired) electrons. The van der Waals surface area contributed by atoms with E-state index in [1.807, 2.05) is 20.8 Å². The van der Waals surface area contributed by atoms with Crippen molar-refractivity contribution in [1.82, 2.24) is 10.2 Å². The minimum absolute atomic E-state index is 0.0859. The molecule has 2 unspecified atom stereocenters. The number of rotatable bonds is 6. The van der Waals surface area contributed by atoms with Crippen LogP contribution in [0.2, 0.25) is 0 Å². The number of aliphatic carboxylic acids is 1. The summed E-state index contributed by atoms with van der Waals surface area (Å²) in [6, 6.07) is 0.151. The fourth-order valence-electron chi connectivity index (χ4n) is 3.24. The van der Waals surface area contributed by atoms with Crippen LogP contribution in [0.3, 0.4) is 0 Å². The van der Waals surface area contributed by atoms with Crippen molar-refractivity contribution in [3.05, 3.63) is 0 Å². The molecule has 0 aromatic carbocycles. The van der Waals surface area contributed by atoms with Crippen LogP contribution in [0.15, 0.2) is 0 Å². The van der Waals surface area contributed by atoms with Crippen molar-refractivity contribution in [2.75, 3.05) is 19.6 Å². The number of likely N-dealkylation sites (tertiary alicyclic amines) is 1. The summed E-state index contributed by atoms with van der Waals surface area (Å²) >= 11 is 0. The fraction of sp³-hybridized carbons (Fsp3) is 0.882. The highest BCUT2D eigenvalue weighted by Gasteiger charge is 2.34. The summed E-state index contributed by atoms with van der Waals surface area (Å²) in [5.41, 5.74) is -0.380. The maximum atomic E-state index is 12.2. The van der Waals surface area contributed by atoms with Crippen molar-refractivity contribution in [3.8, 4) is 0 Å². The number of nitrogens with zero attached hydrogens (tertiary/aromatic N) is 1. The molecule has 2 N–H and O–H groups in total. The maximum absolute atomic E-state index is 12.2. The summed E-state index contributed by atoms with van der Waals surface area (Å²) in [5, 5.41) is 12.1. The Morgan fingerprint density at radius 3 is 2.41 bits per heavy atom. The Labute approximate surface area is 133 Å². The van der Waals surface area contributed by atoms with Gasteiger partial charge in [-0.25, -0.2) is 0 Å². The molecule has 1 saturated carbocycles. The minimum Gasteiger partial charge on any atom is -0.481 e. The Kier molecular flexibility index (Phi) is 5.48. The van der Waals surface area contributed by atoms with E-state index in [0.717, 1.165) is 25.4 Å². The van der Waals surface area contributed by atoms with E-state index in [9.17, 15) is 9.59 Å². The van der Waals surface area contributed by atoms with Gasteiger partial charge in [0.25, 0.3) is 0 Å². The number of nitrogens with one attached hydrogen (secondary N) is 1. The molecule has 0 bridgehead atoms. The molecule has 0 aromatic heterocycles. The molecule has 5 nitrogen and oxygen atoms in total. The third kappa shape index (κ3) is 5.59. The van der Waals surface area contributed by atoms with Gasteiger partial charge in [0.15, 0.2) is 0 Å². The molecule has 0 aromatic rings. The first-order valence-electron chi connectivity index (χ1n) is 8.49. The predicted octanol–water partition coefficient (Wildman–Crippen LogP) is 2.11. The van der Waals surface area contributed by atoms with Gasteiger partial charge in [-0.2, -0.15) is 0 Å². The van der Waals surface area contributed by atoms with Crippen LogP contribution in [0.1, 0.15) is 52.9 Å². The van der Waals surface area contributed by atoms with Crippen LogP contribution in [0.4, 0.5) is 0 Å². The van der Waals surface area contributed by atoms with E-state index in [1.165, 1.54) is 19.3 Å². The van der Waals surface area contributed by atoms with Gasteiger partial charge >= 0.3 is 5.97 Å². The van der Waals surface area contributed by atoms with E-state index in [4.69, 9.17) is 5.11 Å². The Balaban J connectivity index is 1.91. The molecule has 2 fully saturated rings. The molecule has 1 heterocycles. The molecular weight excluding hydrogens is 280 g/mol. The van der Waals surface area contributed by atoms with Gasteiger partial charge in [0.2, 0.25) is 5.91 Å². The van der Waals surface area contributed by atoms with Gasteiger partial charge in [0, 0.05) is 31.1 Å². The summed E-state index contributed by atoms with van der Waals surface area (Å²) < 4.78 is 0. The van der Waals surface area contributed by atoms with Crippen molar-refractivity contribution >= 4 is 11.9 Å². The first-order chi connectivity index (χ1) is 10.2. The number of hydrogen-bond acceptors (Lipinski definition) is 3. The molecule has 22 heavy (non-hydrogen) atoms. The lowest BCUT2D eigenvalue weighted by Gasteiger charge is -2.39. The van der Waals surface area contributed by atoms with Gasteiger partial charge in [-0.1, -0.05) is 33.6 Å². The third-order valence-corrected chi connectivity index (χ3v) is 4.63. The SMILES string of the molecule is CC(C)(C)C(=O)NC1CC(CC2CC2)CN(CCC(=O)O)C1. The molecule has 5 heteroatoms. The van der Waals surface area contributed by atoms with E-state index in [0.29, 0.717) is 12.5 Å². The van der Waals surface area contributed by atoms with Crippen molar-refractivity contribution < 1.29 is 14.7 Å². The van der Waals surface area contributed by atoms with Crippen LogP contribution >= 0.6 is 0 Å². The van der Waals surface area contributed by atoms with E-state index in [1.54, 1.807) is 0 Å². The zero-order chi connectivity index (χ0) is 16.3. The summed E-state index contributed by atoms with van der Waals surface area (Å²) in [6.07, 6.45) is 5.11. The van der Waals surface area contributed by atoms with Crippen LogP contribution in [0.25, 0.3) is 0 Å². The number of carboxylic acid groups (broad SMARTS) is 1. The first-order valence-corrected chi connectivity index (χ1v) is 8.49. The molecule has 2 atom stereocenters. The molecular formula is C17H30N2O3. The number of carboxylic acids is 1. The Bertz CT molecular complexity index is 413. The van der Waals surface area contributed by atoms with E-state index < -0.39 is 5.97 Å². The molecule has 1 saturated heterocycles. The largest absolute Gasteiger partial charge is 0.481 e. The molecule has 0 spiro atoms. The van der Waals surface area contributed by atoms with Gasteiger partial charge in [-0.3, -0.25) is 9.59 Å². The second-order valence-electron chi connectivity index (χ2n) is 8.10. The zero-order valence-electron chi connectivity index (χ0n) is 14.1. The highest BCUT2D eigenvalue weighted by molar-refractivity contribution is 5.81. The van der Waals surface area contributed by atoms with E-state index in [2.05, 4.69) is 10.2 Å². The van der Waals surface area contributed by atoms with Crippen molar-refractivity contribution in [3.63, 3.8) is 0 Å². The monoisotopic (exact) mass is 310 g/mol. The van der Waals surface area contributed by atoms with Gasteiger partial charge in [0.05, 0.1) is 6.42 Å². The lowest BCUT2D eigenvalue weighted by Crippen LogP contribution is -2.53. The molecule has 1 aliphatic carbocycles. The second kappa shape index (κ2) is 6.99. The lowest BCUT2D eigenvalue weighted by molar-refractivity contribution is -0.137.